The summed E-state index contributed by atoms with van der Waals surface area (Å²) in [7, 11) is 0. The van der Waals surface area contributed by atoms with Gasteiger partial charge in [-0.25, -0.2) is 4.39 Å². The molecule has 0 aliphatic carbocycles. The zero-order valence-electron chi connectivity index (χ0n) is 11.7. The number of hydrogen-bond donors (Lipinski definition) is 1. The largest absolute Gasteiger partial charge is 0.376 e. The molecule has 3 atom stereocenters. The molecule has 106 valence electrons. The summed E-state index contributed by atoms with van der Waals surface area (Å²) in [6, 6.07) is 6.82. The van der Waals surface area contributed by atoms with Crippen molar-refractivity contribution in [3.63, 3.8) is 0 Å². The standard InChI is InChI=1S/C15H23FN2O/c1-3-14-10-19-11(2)8-18(14)9-15(17)12-5-4-6-13(16)7-12/h4-7,11,14-15H,3,8-10,17H2,1-2H3. The van der Waals surface area contributed by atoms with Crippen LogP contribution in [0.3, 0.4) is 0 Å². The van der Waals surface area contributed by atoms with E-state index in [1.54, 1.807) is 6.07 Å². The SMILES string of the molecule is CCC1COC(C)CN1CC(N)c1cccc(F)c1. The number of ether oxygens (including phenoxy) is 1. The van der Waals surface area contributed by atoms with E-state index in [1.807, 2.05) is 6.07 Å². The lowest BCUT2D eigenvalue weighted by Crippen LogP contribution is -2.50. The van der Waals surface area contributed by atoms with Gasteiger partial charge in [-0.1, -0.05) is 19.1 Å². The lowest BCUT2D eigenvalue weighted by atomic mass is 10.0. The average Bonchev–Trinajstić information content (AvgIpc) is 2.39. The highest BCUT2D eigenvalue weighted by Gasteiger charge is 2.27. The fourth-order valence-corrected chi connectivity index (χ4v) is 2.61. The Labute approximate surface area is 114 Å². The van der Waals surface area contributed by atoms with Gasteiger partial charge in [-0.2, -0.15) is 0 Å². The van der Waals surface area contributed by atoms with Crippen molar-refractivity contribution in [1.29, 1.82) is 0 Å². The van der Waals surface area contributed by atoms with Crippen molar-refractivity contribution in [2.75, 3.05) is 19.7 Å². The van der Waals surface area contributed by atoms with Gasteiger partial charge in [-0.15, -0.1) is 0 Å². The molecule has 3 nitrogen and oxygen atoms in total. The van der Waals surface area contributed by atoms with E-state index in [2.05, 4.69) is 18.7 Å². The van der Waals surface area contributed by atoms with Gasteiger partial charge in [0.05, 0.1) is 12.7 Å². The van der Waals surface area contributed by atoms with Gasteiger partial charge in [0.15, 0.2) is 0 Å². The van der Waals surface area contributed by atoms with Gasteiger partial charge < -0.3 is 10.5 Å². The second kappa shape index (κ2) is 6.46. The fraction of sp³-hybridized carbons (Fsp3) is 0.600. The van der Waals surface area contributed by atoms with E-state index in [4.69, 9.17) is 10.5 Å². The third-order valence-corrected chi connectivity index (χ3v) is 3.76. The number of halogens is 1. The van der Waals surface area contributed by atoms with Crippen LogP contribution in [-0.2, 0) is 4.74 Å². The third kappa shape index (κ3) is 3.75. The maximum atomic E-state index is 13.2. The summed E-state index contributed by atoms with van der Waals surface area (Å²) in [4.78, 5) is 2.36. The van der Waals surface area contributed by atoms with Crippen LogP contribution < -0.4 is 5.73 Å². The Morgan fingerprint density at radius 3 is 3.00 bits per heavy atom. The molecule has 1 heterocycles. The summed E-state index contributed by atoms with van der Waals surface area (Å²) in [5.74, 6) is -0.227. The molecule has 0 saturated carbocycles. The lowest BCUT2D eigenvalue weighted by Gasteiger charge is -2.39. The topological polar surface area (TPSA) is 38.5 Å². The Bertz CT molecular complexity index is 413. The van der Waals surface area contributed by atoms with Crippen LogP contribution in [0.1, 0.15) is 31.9 Å². The maximum Gasteiger partial charge on any atom is 0.123 e. The molecular weight excluding hydrogens is 243 g/mol. The summed E-state index contributed by atoms with van der Waals surface area (Å²) in [5.41, 5.74) is 7.06. The van der Waals surface area contributed by atoms with Crippen LogP contribution in [0.2, 0.25) is 0 Å². The molecule has 2 N–H and O–H groups in total. The van der Waals surface area contributed by atoms with E-state index in [0.717, 1.165) is 31.7 Å². The van der Waals surface area contributed by atoms with Gasteiger partial charge in [0.1, 0.15) is 5.82 Å². The average molecular weight is 266 g/mol. The Morgan fingerprint density at radius 2 is 2.32 bits per heavy atom. The number of nitrogens with two attached hydrogens (primary N) is 1. The predicted octanol–water partition coefficient (Wildman–Crippen LogP) is 2.32. The van der Waals surface area contributed by atoms with Gasteiger partial charge in [-0.3, -0.25) is 4.90 Å². The Morgan fingerprint density at radius 1 is 1.53 bits per heavy atom. The first-order valence-electron chi connectivity index (χ1n) is 6.96. The van der Waals surface area contributed by atoms with Crippen molar-refractivity contribution in [1.82, 2.24) is 4.90 Å². The third-order valence-electron chi connectivity index (χ3n) is 3.76. The number of morpholine rings is 1. The number of benzene rings is 1. The molecule has 2 rings (SSSR count). The van der Waals surface area contributed by atoms with E-state index in [1.165, 1.54) is 12.1 Å². The molecular formula is C15H23FN2O. The number of nitrogens with zero attached hydrogens (tertiary/aromatic N) is 1. The van der Waals surface area contributed by atoms with Crippen LogP contribution in [0.15, 0.2) is 24.3 Å². The predicted molar refractivity (Wildman–Crippen MR) is 74.4 cm³/mol. The lowest BCUT2D eigenvalue weighted by molar-refractivity contribution is -0.0575. The molecule has 0 radical (unpaired) electrons. The molecule has 0 amide bonds. The Kier molecular flexibility index (Phi) is 4.91. The first-order chi connectivity index (χ1) is 9.10. The van der Waals surface area contributed by atoms with E-state index in [9.17, 15) is 4.39 Å². The van der Waals surface area contributed by atoms with Crippen LogP contribution in [0.5, 0.6) is 0 Å². The zero-order valence-corrected chi connectivity index (χ0v) is 11.7. The highest BCUT2D eigenvalue weighted by molar-refractivity contribution is 5.20. The molecule has 1 saturated heterocycles. The van der Waals surface area contributed by atoms with Gasteiger partial charge in [-0.05, 0) is 31.0 Å². The molecule has 4 heteroatoms. The van der Waals surface area contributed by atoms with E-state index in [0.29, 0.717) is 6.04 Å². The van der Waals surface area contributed by atoms with Crippen LogP contribution in [-0.4, -0.2) is 36.7 Å². The molecule has 0 bridgehead atoms. The molecule has 3 unspecified atom stereocenters. The highest BCUT2D eigenvalue weighted by atomic mass is 19.1. The van der Waals surface area contributed by atoms with E-state index in [-0.39, 0.29) is 18.0 Å². The second-order valence-corrected chi connectivity index (χ2v) is 5.32. The summed E-state index contributed by atoms with van der Waals surface area (Å²) < 4.78 is 18.9. The number of hydrogen-bond acceptors (Lipinski definition) is 3. The van der Waals surface area contributed by atoms with Crippen molar-refractivity contribution in [3.05, 3.63) is 35.6 Å². The van der Waals surface area contributed by atoms with Crippen LogP contribution >= 0.6 is 0 Å². The van der Waals surface area contributed by atoms with Crippen molar-refractivity contribution < 1.29 is 9.13 Å². The van der Waals surface area contributed by atoms with Crippen LogP contribution in [0.4, 0.5) is 4.39 Å². The van der Waals surface area contributed by atoms with Crippen LogP contribution in [0.25, 0.3) is 0 Å². The number of rotatable bonds is 4. The molecule has 1 aliphatic rings. The normalized spacial score (nSPS) is 26.3. The van der Waals surface area contributed by atoms with Crippen molar-refractivity contribution in [2.24, 2.45) is 5.73 Å². The van der Waals surface area contributed by atoms with E-state index < -0.39 is 0 Å². The first kappa shape index (κ1) is 14.4. The monoisotopic (exact) mass is 266 g/mol. The Balaban J connectivity index is 2.02. The van der Waals surface area contributed by atoms with Gasteiger partial charge >= 0.3 is 0 Å². The van der Waals surface area contributed by atoms with Gasteiger partial charge in [0, 0.05) is 25.2 Å². The minimum absolute atomic E-state index is 0.157. The molecule has 19 heavy (non-hydrogen) atoms. The molecule has 1 aromatic rings. The van der Waals surface area contributed by atoms with Gasteiger partial charge in [0.2, 0.25) is 0 Å². The van der Waals surface area contributed by atoms with Crippen molar-refractivity contribution in [2.45, 2.75) is 38.5 Å². The first-order valence-corrected chi connectivity index (χ1v) is 6.96. The summed E-state index contributed by atoms with van der Waals surface area (Å²) in [5, 5.41) is 0. The maximum absolute atomic E-state index is 13.2. The molecule has 1 aromatic carbocycles. The zero-order chi connectivity index (χ0) is 13.8. The van der Waals surface area contributed by atoms with Crippen molar-refractivity contribution >= 4 is 0 Å². The molecule has 1 aliphatic heterocycles. The Hall–Kier alpha value is -0.970. The highest BCUT2D eigenvalue weighted by Crippen LogP contribution is 2.19. The second-order valence-electron chi connectivity index (χ2n) is 5.32. The van der Waals surface area contributed by atoms with E-state index >= 15 is 0 Å². The van der Waals surface area contributed by atoms with Gasteiger partial charge in [0.25, 0.3) is 0 Å². The molecule has 0 aromatic heterocycles. The smallest absolute Gasteiger partial charge is 0.123 e. The molecule has 0 spiro atoms. The minimum Gasteiger partial charge on any atom is -0.376 e. The summed E-state index contributed by atoms with van der Waals surface area (Å²) in [6.07, 6.45) is 1.28. The quantitative estimate of drug-likeness (QED) is 0.909. The fourth-order valence-electron chi connectivity index (χ4n) is 2.61. The summed E-state index contributed by atoms with van der Waals surface area (Å²) >= 11 is 0. The van der Waals surface area contributed by atoms with Crippen LogP contribution in [0, 0.1) is 5.82 Å². The summed E-state index contributed by atoms with van der Waals surface area (Å²) in [6.45, 7) is 6.63. The minimum atomic E-state index is -0.227. The van der Waals surface area contributed by atoms with Crippen molar-refractivity contribution in [3.8, 4) is 0 Å². The molecule has 1 fully saturated rings.